The van der Waals surface area contributed by atoms with Crippen molar-refractivity contribution in [2.45, 2.75) is 18.6 Å². The van der Waals surface area contributed by atoms with E-state index in [2.05, 4.69) is 0 Å². The van der Waals surface area contributed by atoms with Crippen LogP contribution >= 0.6 is 0 Å². The number of hydrogen-bond acceptors (Lipinski definition) is 3. The van der Waals surface area contributed by atoms with Crippen LogP contribution in [0.25, 0.3) is 0 Å². The van der Waals surface area contributed by atoms with Gasteiger partial charge in [0.2, 0.25) is 0 Å². The van der Waals surface area contributed by atoms with Gasteiger partial charge >= 0.3 is 0 Å². The molecule has 0 spiro atoms. The van der Waals surface area contributed by atoms with E-state index in [1.165, 1.54) is 19.2 Å². The highest BCUT2D eigenvalue weighted by molar-refractivity contribution is 5.39. The average Bonchev–Trinajstić information content (AvgIpc) is 2.90. The zero-order chi connectivity index (χ0) is 14.1. The molecule has 4 heteroatoms. The Labute approximate surface area is 116 Å². The Morgan fingerprint density at radius 1 is 1.30 bits per heavy atom. The first-order valence-corrected chi connectivity index (χ1v) is 6.45. The molecule has 104 valence electrons. The minimum absolute atomic E-state index is 0.163. The number of methoxy groups -OCH3 is 1. The second-order valence-corrected chi connectivity index (χ2v) is 4.81. The van der Waals surface area contributed by atoms with Crippen LogP contribution in [0.15, 0.2) is 42.5 Å². The lowest BCUT2D eigenvalue weighted by Crippen LogP contribution is -2.23. The van der Waals surface area contributed by atoms with Gasteiger partial charge in [-0.25, -0.2) is 4.39 Å². The molecule has 0 fully saturated rings. The zero-order valence-corrected chi connectivity index (χ0v) is 11.0. The second kappa shape index (κ2) is 5.13. The first-order chi connectivity index (χ1) is 9.69. The number of hydrogen-bond donors (Lipinski definition) is 1. The Hall–Kier alpha value is -2.07. The van der Waals surface area contributed by atoms with E-state index in [0.29, 0.717) is 12.0 Å². The molecule has 0 bridgehead atoms. The van der Waals surface area contributed by atoms with Crippen molar-refractivity contribution in [1.82, 2.24) is 0 Å². The largest absolute Gasteiger partial charge is 0.494 e. The molecule has 0 amide bonds. The van der Waals surface area contributed by atoms with Crippen molar-refractivity contribution in [3.8, 4) is 11.5 Å². The average molecular weight is 274 g/mol. The quantitative estimate of drug-likeness (QED) is 0.935. The predicted octanol–water partition coefficient (Wildman–Crippen LogP) is 2.87. The molecule has 1 N–H and O–H groups in total. The Kier molecular flexibility index (Phi) is 3.32. The molecule has 2 unspecified atom stereocenters. The van der Waals surface area contributed by atoms with Gasteiger partial charge in [-0.05, 0) is 29.3 Å². The molecule has 20 heavy (non-hydrogen) atoms. The minimum Gasteiger partial charge on any atom is -0.494 e. The van der Waals surface area contributed by atoms with Crippen LogP contribution in [0.1, 0.15) is 17.2 Å². The summed E-state index contributed by atoms with van der Waals surface area (Å²) in [6.45, 7) is 0. The molecule has 0 aliphatic carbocycles. The normalized spacial score (nSPS) is 18.2. The highest BCUT2D eigenvalue weighted by atomic mass is 19.1. The lowest BCUT2D eigenvalue weighted by atomic mass is 10.00. The van der Waals surface area contributed by atoms with E-state index in [4.69, 9.17) is 9.47 Å². The van der Waals surface area contributed by atoms with E-state index >= 15 is 0 Å². The highest BCUT2D eigenvalue weighted by Gasteiger charge is 2.30. The number of ether oxygens (including phenoxy) is 2. The van der Waals surface area contributed by atoms with Crippen LogP contribution < -0.4 is 9.47 Å². The molecule has 0 saturated heterocycles. The molecule has 2 aromatic carbocycles. The fraction of sp³-hybridized carbons (Fsp3) is 0.250. The molecule has 0 aromatic heterocycles. The van der Waals surface area contributed by atoms with E-state index in [0.717, 1.165) is 11.3 Å². The van der Waals surface area contributed by atoms with E-state index in [9.17, 15) is 9.50 Å². The van der Waals surface area contributed by atoms with Crippen molar-refractivity contribution in [2.75, 3.05) is 7.11 Å². The lowest BCUT2D eigenvalue weighted by molar-refractivity contribution is 0.0489. The Morgan fingerprint density at radius 3 is 2.80 bits per heavy atom. The molecule has 3 rings (SSSR count). The van der Waals surface area contributed by atoms with Crippen molar-refractivity contribution in [2.24, 2.45) is 0 Å². The summed E-state index contributed by atoms with van der Waals surface area (Å²) in [7, 11) is 1.41. The summed E-state index contributed by atoms with van der Waals surface area (Å²) in [6, 6.07) is 12.1. The third kappa shape index (κ3) is 2.23. The van der Waals surface area contributed by atoms with Gasteiger partial charge in [-0.2, -0.15) is 0 Å². The summed E-state index contributed by atoms with van der Waals surface area (Å²) < 4.78 is 24.3. The summed E-state index contributed by atoms with van der Waals surface area (Å²) in [5, 5.41) is 10.3. The number of benzene rings is 2. The summed E-state index contributed by atoms with van der Waals surface area (Å²) in [5.74, 6) is 0.460. The summed E-state index contributed by atoms with van der Waals surface area (Å²) in [6.07, 6.45) is -0.645. The third-order valence-corrected chi connectivity index (χ3v) is 3.54. The monoisotopic (exact) mass is 274 g/mol. The Morgan fingerprint density at radius 2 is 2.10 bits per heavy atom. The standard InChI is InChI=1S/C16H15FO3/c1-19-14-7-6-11(8-12(14)17)16(18)15-9-10-4-2-3-5-13(10)20-15/h2-8,15-16,18H,9H2,1H3. The summed E-state index contributed by atoms with van der Waals surface area (Å²) >= 11 is 0. The topological polar surface area (TPSA) is 38.7 Å². The first kappa shape index (κ1) is 12.9. The molecule has 1 heterocycles. The van der Waals surface area contributed by atoms with Gasteiger partial charge in [-0.15, -0.1) is 0 Å². The molecular formula is C16H15FO3. The zero-order valence-electron chi connectivity index (χ0n) is 11.0. The number of fused-ring (bicyclic) bond motifs is 1. The van der Waals surface area contributed by atoms with Crippen LogP contribution in [-0.2, 0) is 6.42 Å². The van der Waals surface area contributed by atoms with E-state index in [1.54, 1.807) is 6.07 Å². The lowest BCUT2D eigenvalue weighted by Gasteiger charge is -2.18. The van der Waals surface area contributed by atoms with E-state index in [-0.39, 0.29) is 11.9 Å². The van der Waals surface area contributed by atoms with Gasteiger partial charge in [0.05, 0.1) is 7.11 Å². The van der Waals surface area contributed by atoms with Gasteiger partial charge in [0.1, 0.15) is 18.0 Å². The van der Waals surface area contributed by atoms with Crippen LogP contribution in [0.5, 0.6) is 11.5 Å². The third-order valence-electron chi connectivity index (χ3n) is 3.54. The predicted molar refractivity (Wildman–Crippen MR) is 72.5 cm³/mol. The number of para-hydroxylation sites is 1. The molecular weight excluding hydrogens is 259 g/mol. The summed E-state index contributed by atoms with van der Waals surface area (Å²) in [5.41, 5.74) is 1.55. The second-order valence-electron chi connectivity index (χ2n) is 4.81. The number of aliphatic hydroxyl groups is 1. The van der Waals surface area contributed by atoms with Gasteiger partial charge in [0.25, 0.3) is 0 Å². The SMILES string of the molecule is COc1ccc(C(O)C2Cc3ccccc3O2)cc1F. The van der Waals surface area contributed by atoms with Gasteiger partial charge in [-0.3, -0.25) is 0 Å². The van der Waals surface area contributed by atoms with Crippen LogP contribution in [-0.4, -0.2) is 18.3 Å². The molecule has 1 aliphatic heterocycles. The highest BCUT2D eigenvalue weighted by Crippen LogP contribution is 2.34. The van der Waals surface area contributed by atoms with E-state index in [1.807, 2.05) is 24.3 Å². The fourth-order valence-corrected chi connectivity index (χ4v) is 2.47. The first-order valence-electron chi connectivity index (χ1n) is 6.45. The summed E-state index contributed by atoms with van der Waals surface area (Å²) in [4.78, 5) is 0. The van der Waals surface area contributed by atoms with Crippen LogP contribution in [0.3, 0.4) is 0 Å². The van der Waals surface area contributed by atoms with Gasteiger partial charge in [0.15, 0.2) is 11.6 Å². The number of rotatable bonds is 3. The van der Waals surface area contributed by atoms with E-state index < -0.39 is 11.9 Å². The van der Waals surface area contributed by atoms with Crippen molar-refractivity contribution in [1.29, 1.82) is 0 Å². The van der Waals surface area contributed by atoms with Gasteiger partial charge < -0.3 is 14.6 Å². The van der Waals surface area contributed by atoms with Crippen molar-refractivity contribution >= 4 is 0 Å². The molecule has 2 atom stereocenters. The molecule has 2 aromatic rings. The number of aliphatic hydroxyl groups excluding tert-OH is 1. The van der Waals surface area contributed by atoms with Gasteiger partial charge in [-0.1, -0.05) is 24.3 Å². The fourth-order valence-electron chi connectivity index (χ4n) is 2.47. The maximum atomic E-state index is 13.7. The van der Waals surface area contributed by atoms with Crippen LogP contribution in [0.2, 0.25) is 0 Å². The van der Waals surface area contributed by atoms with Crippen LogP contribution in [0.4, 0.5) is 4.39 Å². The maximum absolute atomic E-state index is 13.7. The smallest absolute Gasteiger partial charge is 0.165 e. The Bertz CT molecular complexity index is 602. The van der Waals surface area contributed by atoms with Crippen molar-refractivity contribution in [3.05, 3.63) is 59.4 Å². The molecule has 0 radical (unpaired) electrons. The van der Waals surface area contributed by atoms with Crippen LogP contribution in [0, 0.1) is 5.82 Å². The molecule has 3 nitrogen and oxygen atoms in total. The minimum atomic E-state index is -0.872. The van der Waals surface area contributed by atoms with Crippen molar-refractivity contribution in [3.63, 3.8) is 0 Å². The van der Waals surface area contributed by atoms with Crippen molar-refractivity contribution < 1.29 is 19.0 Å². The molecule has 0 saturated carbocycles. The Balaban J connectivity index is 1.81. The number of halogens is 1. The van der Waals surface area contributed by atoms with Gasteiger partial charge in [0, 0.05) is 6.42 Å². The maximum Gasteiger partial charge on any atom is 0.165 e. The molecule has 1 aliphatic rings.